The molecule has 27 heavy (non-hydrogen) atoms. The Hall–Kier alpha value is -3.00. The maximum absolute atomic E-state index is 14.7. The molecule has 0 spiro atoms. The summed E-state index contributed by atoms with van der Waals surface area (Å²) >= 11 is 5.64. The van der Waals surface area contributed by atoms with Crippen molar-refractivity contribution in [1.29, 1.82) is 0 Å². The molecule has 0 radical (unpaired) electrons. The third kappa shape index (κ3) is 3.35. The number of benzene rings is 1. The van der Waals surface area contributed by atoms with Crippen molar-refractivity contribution in [2.24, 2.45) is 0 Å². The van der Waals surface area contributed by atoms with Gasteiger partial charge in [-0.25, -0.2) is 13.6 Å². The highest BCUT2D eigenvalue weighted by Gasteiger charge is 2.38. The van der Waals surface area contributed by atoms with Crippen molar-refractivity contribution < 1.29 is 18.3 Å². The van der Waals surface area contributed by atoms with E-state index >= 15 is 0 Å². The van der Waals surface area contributed by atoms with E-state index in [-0.39, 0.29) is 22.9 Å². The van der Waals surface area contributed by atoms with Crippen LogP contribution < -0.4 is 4.90 Å². The van der Waals surface area contributed by atoms with Crippen LogP contribution in [-0.2, 0) is 4.74 Å². The molecule has 3 heterocycles. The lowest BCUT2D eigenvalue weighted by molar-refractivity contribution is 0.0294. The molecular weight excluding hydrogens is 378 g/mol. The number of pyridine rings is 1. The number of aromatic nitrogens is 3. The van der Waals surface area contributed by atoms with Crippen molar-refractivity contribution >= 4 is 23.5 Å². The Morgan fingerprint density at radius 3 is 2.74 bits per heavy atom. The molecule has 0 bridgehead atoms. The van der Waals surface area contributed by atoms with Gasteiger partial charge in [0.05, 0.1) is 17.3 Å². The summed E-state index contributed by atoms with van der Waals surface area (Å²) in [5, 5.41) is 6.77. The summed E-state index contributed by atoms with van der Waals surface area (Å²) in [6.45, 7) is -0.269. The van der Waals surface area contributed by atoms with E-state index in [0.29, 0.717) is 5.69 Å². The number of carbonyl (C=O) groups is 1. The number of H-pyrrole nitrogens is 1. The third-order valence-electron chi connectivity index (χ3n) is 4.24. The molecule has 6 nitrogen and oxygen atoms in total. The van der Waals surface area contributed by atoms with Crippen molar-refractivity contribution in [3.05, 3.63) is 65.2 Å². The minimum Gasteiger partial charge on any atom is -0.438 e. The average molecular weight is 391 g/mol. The first-order chi connectivity index (χ1) is 13.0. The number of rotatable bonds is 3. The average Bonchev–Trinajstić information content (AvgIpc) is 3.16. The van der Waals surface area contributed by atoms with Gasteiger partial charge in [-0.15, -0.1) is 0 Å². The summed E-state index contributed by atoms with van der Waals surface area (Å²) in [7, 11) is 0. The van der Waals surface area contributed by atoms with E-state index in [1.54, 1.807) is 30.6 Å². The minimum atomic E-state index is -1.57. The molecular formula is C18H13ClF2N4O2. The zero-order chi connectivity index (χ0) is 19.0. The van der Waals surface area contributed by atoms with Gasteiger partial charge in [0.2, 0.25) is 0 Å². The fraction of sp³-hybridized carbons (Fsp3) is 0.167. The van der Waals surface area contributed by atoms with E-state index in [1.807, 2.05) is 0 Å². The second-order valence-corrected chi connectivity index (χ2v) is 6.39. The van der Waals surface area contributed by atoms with E-state index < -0.39 is 24.2 Å². The number of amides is 1. The molecule has 9 heteroatoms. The lowest BCUT2D eigenvalue weighted by atomic mass is 10.0. The molecule has 1 aliphatic rings. The summed E-state index contributed by atoms with van der Waals surface area (Å²) in [5.74, 6) is -0.468. The molecule has 1 saturated heterocycles. The van der Waals surface area contributed by atoms with Gasteiger partial charge < -0.3 is 4.74 Å². The first-order valence-corrected chi connectivity index (χ1v) is 8.43. The fourth-order valence-electron chi connectivity index (χ4n) is 2.87. The molecule has 0 unspecified atom stereocenters. The minimum absolute atomic E-state index is 0.0851. The number of halogens is 3. The van der Waals surface area contributed by atoms with Gasteiger partial charge in [0.15, 0.2) is 18.1 Å². The highest BCUT2D eigenvalue weighted by molar-refractivity contribution is 6.30. The quantitative estimate of drug-likeness (QED) is 0.723. The van der Waals surface area contributed by atoms with Crippen LogP contribution in [0, 0.1) is 5.82 Å². The normalized spacial score (nSPS) is 19.8. The number of hydrogen-bond acceptors (Lipinski definition) is 4. The zero-order valence-electron chi connectivity index (χ0n) is 13.8. The molecule has 1 N–H and O–H groups in total. The van der Waals surface area contributed by atoms with E-state index in [2.05, 4.69) is 15.2 Å². The van der Waals surface area contributed by atoms with Gasteiger partial charge in [-0.1, -0.05) is 17.7 Å². The lowest BCUT2D eigenvalue weighted by Crippen LogP contribution is -2.46. The Morgan fingerprint density at radius 2 is 2.00 bits per heavy atom. The highest BCUT2D eigenvalue weighted by Crippen LogP contribution is 2.33. The highest BCUT2D eigenvalue weighted by atomic mass is 35.5. The van der Waals surface area contributed by atoms with Gasteiger partial charge in [-0.2, -0.15) is 5.10 Å². The number of nitrogens with one attached hydrogen (secondary N) is 1. The molecule has 3 aromatic rings. The molecule has 2 aromatic heterocycles. The van der Waals surface area contributed by atoms with Gasteiger partial charge >= 0.3 is 6.09 Å². The van der Waals surface area contributed by atoms with E-state index in [1.165, 1.54) is 12.1 Å². The molecule has 1 aliphatic heterocycles. The topological polar surface area (TPSA) is 71.1 Å². The molecule has 2 atom stereocenters. The Kier molecular flexibility index (Phi) is 4.49. The third-order valence-corrected chi connectivity index (χ3v) is 4.54. The van der Waals surface area contributed by atoms with E-state index in [0.717, 1.165) is 16.5 Å². The Morgan fingerprint density at radius 1 is 1.22 bits per heavy atom. The summed E-state index contributed by atoms with van der Waals surface area (Å²) in [4.78, 5) is 17.4. The number of hydrogen-bond donors (Lipinski definition) is 1. The monoisotopic (exact) mass is 390 g/mol. The second kappa shape index (κ2) is 6.96. The van der Waals surface area contributed by atoms with Crippen LogP contribution in [0.1, 0.15) is 11.7 Å². The Bertz CT molecular complexity index is 983. The number of anilines is 1. The number of aromatic amines is 1. The first kappa shape index (κ1) is 17.4. The molecule has 138 valence electrons. The summed E-state index contributed by atoms with van der Waals surface area (Å²) < 4.78 is 33.5. The van der Waals surface area contributed by atoms with Crippen LogP contribution in [0.5, 0.6) is 0 Å². The molecule has 1 aromatic carbocycles. The van der Waals surface area contributed by atoms with Crippen LogP contribution in [0.15, 0.2) is 48.8 Å². The number of nitrogens with zero attached hydrogens (tertiary/aromatic N) is 3. The van der Waals surface area contributed by atoms with Crippen LogP contribution >= 0.6 is 11.6 Å². The largest absolute Gasteiger partial charge is 0.438 e. The first-order valence-electron chi connectivity index (χ1n) is 8.06. The Balaban J connectivity index is 1.55. The molecule has 1 amide bonds. The second-order valence-electron chi connectivity index (χ2n) is 5.98. The molecule has 0 aliphatic carbocycles. The van der Waals surface area contributed by atoms with Gasteiger partial charge in [0.1, 0.15) is 5.82 Å². The standard InChI is InChI=1S/C18H13ClF2N4O2/c19-12-2-1-11(7-13(12)20)17-14(21)9-25(18(26)27-17)16-8-15(23-24-16)10-3-5-22-6-4-10/h1-8,14,17H,9H2,(H,23,24)/t14-,17+/m1/s1. The molecule has 4 rings (SSSR count). The maximum atomic E-state index is 14.7. The SMILES string of the molecule is O=C1O[C@@H](c2ccc(Cl)c(F)c2)[C@H](F)CN1c1cc(-c2ccncc2)[nH]n1. The number of ether oxygens (including phenoxy) is 1. The number of cyclic esters (lactones) is 1. The summed E-state index contributed by atoms with van der Waals surface area (Å²) in [6.07, 6.45) is -0.294. The van der Waals surface area contributed by atoms with E-state index in [4.69, 9.17) is 16.3 Å². The lowest BCUT2D eigenvalue weighted by Gasteiger charge is -2.33. The molecule has 0 saturated carbocycles. The van der Waals surface area contributed by atoms with Gasteiger partial charge in [-0.05, 0) is 29.8 Å². The summed E-state index contributed by atoms with van der Waals surface area (Å²) in [6, 6.07) is 8.96. The van der Waals surface area contributed by atoms with Gasteiger partial charge in [0.25, 0.3) is 0 Å². The smallest absolute Gasteiger partial charge is 0.416 e. The summed E-state index contributed by atoms with van der Waals surface area (Å²) in [5.41, 5.74) is 1.68. The van der Waals surface area contributed by atoms with Crippen molar-refractivity contribution in [3.63, 3.8) is 0 Å². The van der Waals surface area contributed by atoms with Gasteiger partial charge in [0, 0.05) is 24.0 Å². The number of carbonyl (C=O) groups excluding carboxylic acids is 1. The van der Waals surface area contributed by atoms with Gasteiger partial charge in [-0.3, -0.25) is 15.0 Å². The van der Waals surface area contributed by atoms with Crippen LogP contribution in [-0.4, -0.2) is 34.0 Å². The molecule has 1 fully saturated rings. The van der Waals surface area contributed by atoms with Crippen LogP contribution in [0.4, 0.5) is 19.4 Å². The maximum Gasteiger partial charge on any atom is 0.416 e. The Labute approximate surface area is 157 Å². The number of alkyl halides is 1. The van der Waals surface area contributed by atoms with Crippen molar-refractivity contribution in [3.8, 4) is 11.3 Å². The van der Waals surface area contributed by atoms with E-state index in [9.17, 15) is 13.6 Å². The fourth-order valence-corrected chi connectivity index (χ4v) is 2.99. The van der Waals surface area contributed by atoms with Crippen LogP contribution in [0.2, 0.25) is 5.02 Å². The van der Waals surface area contributed by atoms with Crippen molar-refractivity contribution in [2.45, 2.75) is 12.3 Å². The zero-order valence-corrected chi connectivity index (χ0v) is 14.5. The van der Waals surface area contributed by atoms with Crippen molar-refractivity contribution in [1.82, 2.24) is 15.2 Å². The van der Waals surface area contributed by atoms with Crippen LogP contribution in [0.3, 0.4) is 0 Å². The predicted molar refractivity (Wildman–Crippen MR) is 94.7 cm³/mol. The predicted octanol–water partition coefficient (Wildman–Crippen LogP) is 4.30. The van der Waals surface area contributed by atoms with Crippen molar-refractivity contribution in [2.75, 3.05) is 11.4 Å². The van der Waals surface area contributed by atoms with Crippen LogP contribution in [0.25, 0.3) is 11.3 Å².